The van der Waals surface area contributed by atoms with E-state index in [1.165, 1.54) is 0 Å². The van der Waals surface area contributed by atoms with E-state index in [-0.39, 0.29) is 18.2 Å². The first-order valence-electron chi connectivity index (χ1n) is 5.26. The van der Waals surface area contributed by atoms with Crippen LogP contribution < -0.4 is 4.72 Å². The van der Waals surface area contributed by atoms with Gasteiger partial charge in [-0.25, -0.2) is 13.1 Å². The predicted octanol–water partition coefficient (Wildman–Crippen LogP) is 2.62. The molecule has 0 saturated carbocycles. The summed E-state index contributed by atoms with van der Waals surface area (Å²) in [5.41, 5.74) is 1.02. The van der Waals surface area contributed by atoms with Gasteiger partial charge in [0.25, 0.3) is 0 Å². The van der Waals surface area contributed by atoms with Crippen LogP contribution in [0.3, 0.4) is 0 Å². The molecule has 0 amide bonds. The maximum absolute atomic E-state index is 11.7. The molecule has 1 rings (SSSR count). The van der Waals surface area contributed by atoms with Crippen molar-refractivity contribution in [3.63, 3.8) is 0 Å². The number of benzene rings is 1. The molecule has 0 heterocycles. The van der Waals surface area contributed by atoms with E-state index in [1.54, 1.807) is 0 Å². The summed E-state index contributed by atoms with van der Waals surface area (Å²) in [6.07, 6.45) is 0. The minimum atomic E-state index is -3.26. The smallest absolute Gasteiger partial charge is 0.212 e. The first-order valence-corrected chi connectivity index (χ1v) is 7.71. The SMILES string of the molecule is C=C(Br)CNS(=O)(=O)CC(C)c1ccccc1. The quantitative estimate of drug-likeness (QED) is 0.876. The molecule has 1 aromatic carbocycles. The monoisotopic (exact) mass is 317 g/mol. The highest BCUT2D eigenvalue weighted by atomic mass is 79.9. The Morgan fingerprint density at radius 1 is 1.41 bits per heavy atom. The lowest BCUT2D eigenvalue weighted by molar-refractivity contribution is 0.580. The molecule has 17 heavy (non-hydrogen) atoms. The Balaban J connectivity index is 2.62. The van der Waals surface area contributed by atoms with E-state index in [0.29, 0.717) is 4.48 Å². The van der Waals surface area contributed by atoms with Gasteiger partial charge < -0.3 is 0 Å². The fourth-order valence-corrected chi connectivity index (χ4v) is 3.14. The van der Waals surface area contributed by atoms with Crippen LogP contribution >= 0.6 is 15.9 Å². The number of sulfonamides is 1. The highest BCUT2D eigenvalue weighted by Crippen LogP contribution is 2.16. The highest BCUT2D eigenvalue weighted by molar-refractivity contribution is 9.11. The van der Waals surface area contributed by atoms with Gasteiger partial charge in [-0.1, -0.05) is 59.8 Å². The molecule has 1 aromatic rings. The van der Waals surface area contributed by atoms with Crippen LogP contribution in [0.4, 0.5) is 0 Å². The van der Waals surface area contributed by atoms with E-state index in [9.17, 15) is 8.42 Å². The van der Waals surface area contributed by atoms with Crippen molar-refractivity contribution in [2.45, 2.75) is 12.8 Å². The average molecular weight is 318 g/mol. The lowest BCUT2D eigenvalue weighted by Crippen LogP contribution is -2.29. The Morgan fingerprint density at radius 3 is 2.53 bits per heavy atom. The summed E-state index contributed by atoms with van der Waals surface area (Å²) in [4.78, 5) is 0. The Labute approximate surface area is 111 Å². The molecule has 0 aromatic heterocycles. The standard InChI is InChI=1S/C12H16BrNO2S/c1-10(12-6-4-3-5-7-12)9-17(15,16)14-8-11(2)13/h3-7,10,14H,2,8-9H2,1H3. The van der Waals surface area contributed by atoms with Gasteiger partial charge in [0.2, 0.25) is 10.0 Å². The van der Waals surface area contributed by atoms with Gasteiger partial charge in [-0.2, -0.15) is 0 Å². The second kappa shape index (κ2) is 6.33. The van der Waals surface area contributed by atoms with Crippen molar-refractivity contribution in [1.82, 2.24) is 4.72 Å². The van der Waals surface area contributed by atoms with Gasteiger partial charge in [0.15, 0.2) is 0 Å². The summed E-state index contributed by atoms with van der Waals surface area (Å²) in [5.74, 6) is 0.0504. The summed E-state index contributed by atoms with van der Waals surface area (Å²) < 4.78 is 26.6. The first kappa shape index (κ1) is 14.4. The molecule has 0 fully saturated rings. The fraction of sp³-hybridized carbons (Fsp3) is 0.333. The second-order valence-corrected chi connectivity index (χ2v) is 6.90. The van der Waals surface area contributed by atoms with Crippen molar-refractivity contribution in [1.29, 1.82) is 0 Å². The van der Waals surface area contributed by atoms with Crippen molar-refractivity contribution in [3.8, 4) is 0 Å². The molecule has 1 atom stereocenters. The maximum atomic E-state index is 11.7. The van der Waals surface area contributed by atoms with Crippen LogP contribution in [0.25, 0.3) is 0 Å². The van der Waals surface area contributed by atoms with Crippen LogP contribution in [0.15, 0.2) is 41.4 Å². The topological polar surface area (TPSA) is 46.2 Å². The zero-order valence-corrected chi connectivity index (χ0v) is 12.1. The molecule has 0 aliphatic heterocycles. The Bertz CT molecular complexity index is 471. The second-order valence-electron chi connectivity index (χ2n) is 3.93. The molecule has 3 nitrogen and oxygen atoms in total. The van der Waals surface area contributed by atoms with E-state index in [2.05, 4.69) is 27.2 Å². The van der Waals surface area contributed by atoms with Gasteiger partial charge in [-0.15, -0.1) is 0 Å². The van der Waals surface area contributed by atoms with Crippen molar-refractivity contribution >= 4 is 26.0 Å². The van der Waals surface area contributed by atoms with E-state index in [0.717, 1.165) is 5.56 Å². The molecular weight excluding hydrogens is 302 g/mol. The van der Waals surface area contributed by atoms with Gasteiger partial charge in [0, 0.05) is 11.0 Å². The Morgan fingerprint density at radius 2 is 2.00 bits per heavy atom. The molecule has 0 aliphatic carbocycles. The van der Waals surface area contributed by atoms with E-state index < -0.39 is 10.0 Å². The average Bonchev–Trinajstić information content (AvgIpc) is 2.27. The minimum absolute atomic E-state index is 0.0303. The van der Waals surface area contributed by atoms with Crippen molar-refractivity contribution in [2.24, 2.45) is 0 Å². The predicted molar refractivity (Wildman–Crippen MR) is 74.7 cm³/mol. The molecule has 1 unspecified atom stereocenters. The van der Waals surface area contributed by atoms with E-state index >= 15 is 0 Å². The highest BCUT2D eigenvalue weighted by Gasteiger charge is 2.16. The maximum Gasteiger partial charge on any atom is 0.212 e. The molecule has 0 radical (unpaired) electrons. The fourth-order valence-electron chi connectivity index (χ4n) is 1.45. The molecule has 5 heteroatoms. The third-order valence-corrected chi connectivity index (χ3v) is 4.13. The van der Waals surface area contributed by atoms with Gasteiger partial charge in [-0.3, -0.25) is 0 Å². The zero-order chi connectivity index (χ0) is 12.9. The number of nitrogens with one attached hydrogen (secondary N) is 1. The van der Waals surface area contributed by atoms with Crippen molar-refractivity contribution < 1.29 is 8.42 Å². The van der Waals surface area contributed by atoms with Gasteiger partial charge in [-0.05, 0) is 11.5 Å². The number of hydrogen-bond acceptors (Lipinski definition) is 2. The summed E-state index contributed by atoms with van der Waals surface area (Å²) in [7, 11) is -3.26. The molecule has 94 valence electrons. The summed E-state index contributed by atoms with van der Waals surface area (Å²) in [6.45, 7) is 5.71. The molecule has 0 saturated heterocycles. The third-order valence-electron chi connectivity index (χ3n) is 2.32. The van der Waals surface area contributed by atoms with Crippen LogP contribution in [0.5, 0.6) is 0 Å². The first-order chi connectivity index (χ1) is 7.91. The third kappa shape index (κ3) is 5.48. The van der Waals surface area contributed by atoms with Crippen LogP contribution in [0, 0.1) is 0 Å². The number of rotatable bonds is 6. The molecule has 1 N–H and O–H groups in total. The Hall–Kier alpha value is -0.650. The normalized spacial score (nSPS) is 13.3. The van der Waals surface area contributed by atoms with Crippen LogP contribution in [0.1, 0.15) is 18.4 Å². The van der Waals surface area contributed by atoms with Crippen LogP contribution in [-0.4, -0.2) is 20.7 Å². The van der Waals surface area contributed by atoms with Crippen LogP contribution in [0.2, 0.25) is 0 Å². The Kier molecular flexibility index (Phi) is 5.36. The molecular formula is C12H16BrNO2S. The summed E-state index contributed by atoms with van der Waals surface area (Å²) in [5, 5.41) is 0. The lowest BCUT2D eigenvalue weighted by atomic mass is 10.0. The van der Waals surface area contributed by atoms with Gasteiger partial charge in [0.05, 0.1) is 5.75 Å². The van der Waals surface area contributed by atoms with Crippen LogP contribution in [-0.2, 0) is 10.0 Å². The van der Waals surface area contributed by atoms with E-state index in [1.807, 2.05) is 37.3 Å². The van der Waals surface area contributed by atoms with Crippen molar-refractivity contribution in [3.05, 3.63) is 47.0 Å². The summed E-state index contributed by atoms with van der Waals surface area (Å²) in [6, 6.07) is 9.60. The molecule has 0 aliphatic rings. The van der Waals surface area contributed by atoms with E-state index in [4.69, 9.17) is 0 Å². The zero-order valence-electron chi connectivity index (χ0n) is 9.69. The molecule has 0 spiro atoms. The van der Waals surface area contributed by atoms with Gasteiger partial charge in [0.1, 0.15) is 0 Å². The number of hydrogen-bond donors (Lipinski definition) is 1. The van der Waals surface area contributed by atoms with Gasteiger partial charge >= 0.3 is 0 Å². The minimum Gasteiger partial charge on any atom is -0.212 e. The van der Waals surface area contributed by atoms with Crippen molar-refractivity contribution in [2.75, 3.05) is 12.3 Å². The summed E-state index contributed by atoms with van der Waals surface area (Å²) >= 11 is 3.12. The number of halogens is 1. The largest absolute Gasteiger partial charge is 0.212 e. The molecule has 0 bridgehead atoms. The lowest BCUT2D eigenvalue weighted by Gasteiger charge is -2.12.